The van der Waals surface area contributed by atoms with Crippen LogP contribution in [0.25, 0.3) is 28.0 Å². The third-order valence-electron chi connectivity index (χ3n) is 13.6. The molecule has 3 fully saturated rings. The van der Waals surface area contributed by atoms with E-state index in [4.69, 9.17) is 15.6 Å². The van der Waals surface area contributed by atoms with Crippen LogP contribution in [0, 0.1) is 17.6 Å². The molecule has 5 aromatic rings. The SMILES string of the molecule is COC1=C(C(=O)NCc2ccc(-c3nn(-c4ccc(N5CCC(CN6CCN(c7cc8c(cc7F)C(=O)N(C7CCC(=O)NC7=O)C8)CC6)CC5)c(F)c4)c4ncnc(N)c34)cc2)C=C(F)C=C=C1. The van der Waals surface area contributed by atoms with Gasteiger partial charge in [0, 0.05) is 94.7 Å². The number of fused-ring (bicyclic) bond motifs is 2. The summed E-state index contributed by atoms with van der Waals surface area (Å²) < 4.78 is 52.5. The molecule has 4 N–H and O–H groups in total. The second-order valence-electron chi connectivity index (χ2n) is 17.8. The average Bonchev–Trinajstić information content (AvgIpc) is 3.82. The molecule has 10 rings (SSSR count). The minimum Gasteiger partial charge on any atom is -0.495 e. The van der Waals surface area contributed by atoms with Crippen LogP contribution in [0.15, 0.2) is 102 Å². The zero-order chi connectivity index (χ0) is 47.9. The molecule has 5 aliphatic rings. The lowest BCUT2D eigenvalue weighted by atomic mass is 9.95. The Labute approximate surface area is 394 Å². The number of ether oxygens (including phenoxy) is 1. The summed E-state index contributed by atoms with van der Waals surface area (Å²) in [4.78, 5) is 66.9. The number of nitrogens with zero attached hydrogens (tertiary/aromatic N) is 8. The number of piperazine rings is 1. The van der Waals surface area contributed by atoms with Gasteiger partial charge in [0.15, 0.2) is 5.65 Å². The van der Waals surface area contributed by atoms with E-state index in [9.17, 15) is 23.6 Å². The Morgan fingerprint density at radius 2 is 1.65 bits per heavy atom. The van der Waals surface area contributed by atoms with Gasteiger partial charge in [-0.15, -0.1) is 5.73 Å². The van der Waals surface area contributed by atoms with Crippen LogP contribution >= 0.6 is 0 Å². The summed E-state index contributed by atoms with van der Waals surface area (Å²) >= 11 is 0. The van der Waals surface area contributed by atoms with Crippen molar-refractivity contribution < 1.29 is 37.1 Å². The van der Waals surface area contributed by atoms with Crippen molar-refractivity contribution in [1.82, 2.24) is 40.2 Å². The lowest BCUT2D eigenvalue weighted by molar-refractivity contribution is -0.137. The van der Waals surface area contributed by atoms with Gasteiger partial charge >= 0.3 is 0 Å². The number of anilines is 3. The molecule has 69 heavy (non-hydrogen) atoms. The van der Waals surface area contributed by atoms with Gasteiger partial charge in [-0.25, -0.2) is 27.8 Å². The first-order chi connectivity index (χ1) is 33.4. The largest absolute Gasteiger partial charge is 0.495 e. The number of nitrogens with one attached hydrogen (secondary N) is 2. The summed E-state index contributed by atoms with van der Waals surface area (Å²) in [6, 6.07) is 14.6. The monoisotopic (exact) mass is 939 g/mol. The van der Waals surface area contributed by atoms with Gasteiger partial charge in [-0.3, -0.25) is 29.4 Å². The first-order valence-corrected chi connectivity index (χ1v) is 22.9. The van der Waals surface area contributed by atoms with E-state index in [0.29, 0.717) is 77.0 Å². The number of piperidine rings is 2. The van der Waals surface area contributed by atoms with E-state index in [1.807, 2.05) is 35.2 Å². The topological polar surface area (TPSA) is 184 Å². The van der Waals surface area contributed by atoms with E-state index in [0.717, 1.165) is 50.2 Å². The molecular formula is C50H48F3N11O5. The first-order valence-electron chi connectivity index (χ1n) is 22.9. The lowest BCUT2D eigenvalue weighted by Gasteiger charge is -2.40. The number of amides is 4. The van der Waals surface area contributed by atoms with Gasteiger partial charge in [-0.2, -0.15) is 5.10 Å². The molecule has 6 heterocycles. The number of nitrogen functional groups attached to an aromatic ring is 1. The summed E-state index contributed by atoms with van der Waals surface area (Å²) in [5.41, 5.74) is 13.7. The van der Waals surface area contributed by atoms with Crippen molar-refractivity contribution in [3.8, 4) is 16.9 Å². The molecule has 1 aliphatic carbocycles. The first kappa shape index (κ1) is 45.0. The third-order valence-corrected chi connectivity index (χ3v) is 13.6. The lowest BCUT2D eigenvalue weighted by Crippen LogP contribution is -2.52. The minimum atomic E-state index is -0.758. The summed E-state index contributed by atoms with van der Waals surface area (Å²) in [5, 5.41) is 10.5. The van der Waals surface area contributed by atoms with E-state index in [-0.39, 0.29) is 54.6 Å². The molecule has 1 atom stereocenters. The summed E-state index contributed by atoms with van der Waals surface area (Å²) in [6.45, 7) is 5.31. The van der Waals surface area contributed by atoms with E-state index in [2.05, 4.69) is 36.1 Å². The molecular weight excluding hydrogens is 892 g/mol. The fourth-order valence-corrected chi connectivity index (χ4v) is 9.88. The van der Waals surface area contributed by atoms with E-state index in [1.54, 1.807) is 16.8 Å². The highest BCUT2D eigenvalue weighted by Gasteiger charge is 2.40. The number of benzene rings is 3. The van der Waals surface area contributed by atoms with Crippen molar-refractivity contribution in [2.24, 2.45) is 5.92 Å². The number of imide groups is 1. The normalized spacial score (nSPS) is 19.0. The highest BCUT2D eigenvalue weighted by Crippen LogP contribution is 2.36. The fourth-order valence-electron chi connectivity index (χ4n) is 9.88. The Morgan fingerprint density at radius 1 is 0.899 bits per heavy atom. The van der Waals surface area contributed by atoms with Gasteiger partial charge in [0.2, 0.25) is 11.8 Å². The Morgan fingerprint density at radius 3 is 2.39 bits per heavy atom. The van der Waals surface area contributed by atoms with Crippen LogP contribution in [0.4, 0.5) is 30.4 Å². The summed E-state index contributed by atoms with van der Waals surface area (Å²) in [6.07, 6.45) is 7.10. The summed E-state index contributed by atoms with van der Waals surface area (Å²) in [5.74, 6) is -2.45. The van der Waals surface area contributed by atoms with Gasteiger partial charge in [-0.05, 0) is 66.6 Å². The number of methoxy groups -OCH3 is 1. The van der Waals surface area contributed by atoms with Crippen molar-refractivity contribution in [3.63, 3.8) is 0 Å². The van der Waals surface area contributed by atoms with Crippen LogP contribution in [0.3, 0.4) is 0 Å². The van der Waals surface area contributed by atoms with Crippen molar-refractivity contribution in [2.45, 2.75) is 44.8 Å². The number of hydrogen-bond donors (Lipinski definition) is 3. The Bertz CT molecular complexity index is 3040. The van der Waals surface area contributed by atoms with Crippen LogP contribution in [-0.4, -0.2) is 112 Å². The zero-order valence-electron chi connectivity index (χ0n) is 37.7. The number of aromatic nitrogens is 4. The predicted octanol–water partition coefficient (Wildman–Crippen LogP) is 5.24. The summed E-state index contributed by atoms with van der Waals surface area (Å²) in [7, 11) is 1.39. The van der Waals surface area contributed by atoms with Gasteiger partial charge in [-0.1, -0.05) is 24.3 Å². The Balaban J connectivity index is 0.745. The van der Waals surface area contributed by atoms with Crippen molar-refractivity contribution >= 4 is 51.9 Å². The smallest absolute Gasteiger partial charge is 0.255 e. The predicted molar refractivity (Wildman–Crippen MR) is 250 cm³/mol. The standard InChI is InChI=1S/C50H48F3N11O5/c1-69-42-4-2-3-33(51)22-36(42)48(66)55-25-29-5-7-31(8-6-29)45-44-46(54)56-28-57-47(44)64(59-45)34-9-10-39(37(52)23-34)61-15-13-30(14-16-61)26-60-17-19-62(20-18-60)41-21-32-27-63(50(68)35(32)24-38(41)53)40-11-12-43(65)58-49(40)67/h3-10,21-24,28,30,40H,11-20,25-27H2,1H3,(H,55,66)(H2,54,56,57)(H,58,65,67). The van der Waals surface area contributed by atoms with Crippen LogP contribution in [-0.2, 0) is 32.2 Å². The van der Waals surface area contributed by atoms with Crippen LogP contribution in [0.5, 0.6) is 0 Å². The van der Waals surface area contributed by atoms with Crippen molar-refractivity contribution in [3.05, 3.63) is 130 Å². The molecule has 4 amide bonds. The molecule has 19 heteroatoms. The van der Waals surface area contributed by atoms with Crippen LogP contribution < -0.4 is 26.2 Å². The van der Waals surface area contributed by atoms with Gasteiger partial charge < -0.3 is 30.5 Å². The maximum atomic E-state index is 16.1. The molecule has 0 bridgehead atoms. The molecule has 0 saturated carbocycles. The van der Waals surface area contributed by atoms with Gasteiger partial charge in [0.05, 0.1) is 35.1 Å². The molecule has 1 unspecified atom stereocenters. The van der Waals surface area contributed by atoms with Crippen LogP contribution in [0.2, 0.25) is 0 Å². The quantitative estimate of drug-likeness (QED) is 0.116. The molecule has 3 aromatic carbocycles. The highest BCUT2D eigenvalue weighted by molar-refractivity contribution is 6.05. The fraction of sp³-hybridized carbons (Fsp3) is 0.320. The molecule has 2 aromatic heterocycles. The second-order valence-corrected chi connectivity index (χ2v) is 17.8. The maximum absolute atomic E-state index is 16.1. The molecule has 16 nitrogen and oxygen atoms in total. The molecule has 0 spiro atoms. The number of halogens is 3. The third kappa shape index (κ3) is 8.93. The van der Waals surface area contributed by atoms with Crippen molar-refractivity contribution in [2.75, 3.05) is 68.5 Å². The van der Waals surface area contributed by atoms with E-state index < -0.39 is 41.2 Å². The number of carbonyl (C=O) groups is 4. The van der Waals surface area contributed by atoms with E-state index in [1.165, 1.54) is 36.5 Å². The maximum Gasteiger partial charge on any atom is 0.255 e. The minimum absolute atomic E-state index is 0.0361. The van der Waals surface area contributed by atoms with Crippen LogP contribution in [0.1, 0.15) is 47.2 Å². The second kappa shape index (κ2) is 18.7. The number of carbonyl (C=O) groups excluding carboxylic acids is 4. The molecule has 4 aliphatic heterocycles. The Hall–Kier alpha value is -7.76. The molecule has 354 valence electrons. The molecule has 0 radical (unpaired) electrons. The highest BCUT2D eigenvalue weighted by atomic mass is 19.1. The number of nitrogens with two attached hydrogens (primary N) is 1. The number of hydrogen-bond acceptors (Lipinski definition) is 12. The Kier molecular flexibility index (Phi) is 12.2. The number of rotatable bonds is 11. The van der Waals surface area contributed by atoms with E-state index >= 15 is 8.78 Å². The van der Waals surface area contributed by atoms with Gasteiger partial charge in [0.25, 0.3) is 11.8 Å². The zero-order valence-corrected chi connectivity index (χ0v) is 37.7. The van der Waals surface area contributed by atoms with Gasteiger partial charge in [0.1, 0.15) is 47.1 Å². The average molecular weight is 940 g/mol. The number of allylic oxidation sites excluding steroid dienone is 2. The molecule has 3 saturated heterocycles. The van der Waals surface area contributed by atoms with Crippen molar-refractivity contribution in [1.29, 1.82) is 0 Å².